The third-order valence-electron chi connectivity index (χ3n) is 1.61. The number of rotatable bonds is 3. The molecular weight excluding hydrogens is 172 g/mol. The van der Waals surface area contributed by atoms with E-state index in [0.29, 0.717) is 0 Å². The summed E-state index contributed by atoms with van der Waals surface area (Å²) in [5.74, 6) is -0.363. The van der Waals surface area contributed by atoms with Crippen LogP contribution in [0.5, 0.6) is 0 Å². The van der Waals surface area contributed by atoms with E-state index in [9.17, 15) is 9.59 Å². The van der Waals surface area contributed by atoms with Crippen LogP contribution in [0.15, 0.2) is 0 Å². The molecule has 5 nitrogen and oxygen atoms in total. The van der Waals surface area contributed by atoms with Crippen LogP contribution in [0.4, 0.5) is 4.79 Å². The first kappa shape index (κ1) is 9.83. The molecule has 0 atom stereocenters. The molecule has 1 aliphatic rings. The molecule has 0 bridgehead atoms. The first-order chi connectivity index (χ1) is 6.09. The Morgan fingerprint density at radius 1 is 1.46 bits per heavy atom. The quantitative estimate of drug-likeness (QED) is 0.629. The first-order valence-electron chi connectivity index (χ1n) is 4.24. The van der Waals surface area contributed by atoms with Gasteiger partial charge in [0.15, 0.2) is 0 Å². The monoisotopic (exact) mass is 186 g/mol. The van der Waals surface area contributed by atoms with Crippen LogP contribution in [0, 0.1) is 0 Å². The van der Waals surface area contributed by atoms with Gasteiger partial charge in [-0.05, 0) is 12.8 Å². The Bertz CT molecular complexity index is 211. The van der Waals surface area contributed by atoms with Gasteiger partial charge in [-0.3, -0.25) is 4.79 Å². The molecule has 0 radical (unpaired) electrons. The average Bonchev–Trinajstić information content (AvgIpc) is 2.83. The highest BCUT2D eigenvalue weighted by molar-refractivity contribution is 5.80. The Labute approximate surface area is 77.0 Å². The van der Waals surface area contributed by atoms with Crippen LogP contribution in [-0.4, -0.2) is 43.6 Å². The van der Waals surface area contributed by atoms with Gasteiger partial charge >= 0.3 is 12.0 Å². The van der Waals surface area contributed by atoms with Gasteiger partial charge in [0.2, 0.25) is 0 Å². The molecule has 1 saturated carbocycles. The molecule has 0 heterocycles. The lowest BCUT2D eigenvalue weighted by Crippen LogP contribution is -2.38. The number of ether oxygens (including phenoxy) is 1. The fourth-order valence-corrected chi connectivity index (χ4v) is 0.719. The molecule has 5 heteroatoms. The minimum atomic E-state index is -0.363. The van der Waals surface area contributed by atoms with Gasteiger partial charge in [-0.25, -0.2) is 4.79 Å². The van der Waals surface area contributed by atoms with Crippen LogP contribution in [0.1, 0.15) is 12.8 Å². The summed E-state index contributed by atoms with van der Waals surface area (Å²) in [6.45, 7) is -0.0481. The number of carbonyl (C=O) groups excluding carboxylic acids is 2. The molecule has 0 spiro atoms. The Morgan fingerprint density at radius 2 is 2.08 bits per heavy atom. The Morgan fingerprint density at radius 3 is 2.54 bits per heavy atom. The normalized spacial score (nSPS) is 14.9. The van der Waals surface area contributed by atoms with Crippen molar-refractivity contribution < 1.29 is 14.3 Å². The predicted molar refractivity (Wildman–Crippen MR) is 46.2 cm³/mol. The van der Waals surface area contributed by atoms with E-state index in [1.807, 2.05) is 0 Å². The highest BCUT2D eigenvalue weighted by Crippen LogP contribution is 2.23. The molecule has 0 unspecified atom stereocenters. The number of esters is 1. The van der Waals surface area contributed by atoms with Crippen molar-refractivity contribution in [2.45, 2.75) is 18.9 Å². The van der Waals surface area contributed by atoms with Gasteiger partial charge < -0.3 is 15.0 Å². The van der Waals surface area contributed by atoms with Crippen LogP contribution in [-0.2, 0) is 9.53 Å². The standard InChI is InChI=1S/C8H14N2O3/c1-10(2)8(12)9-5-7(11)13-6-3-4-6/h6H,3-5H2,1-2H3,(H,9,12). The van der Waals surface area contributed by atoms with Crippen molar-refractivity contribution in [1.82, 2.24) is 10.2 Å². The molecular formula is C8H14N2O3. The van der Waals surface area contributed by atoms with Crippen molar-refractivity contribution in [3.63, 3.8) is 0 Å². The van der Waals surface area contributed by atoms with Gasteiger partial charge in [-0.15, -0.1) is 0 Å². The maximum atomic E-state index is 11.0. The zero-order valence-electron chi connectivity index (χ0n) is 7.87. The zero-order chi connectivity index (χ0) is 9.84. The summed E-state index contributed by atoms with van der Waals surface area (Å²) in [7, 11) is 3.23. The van der Waals surface area contributed by atoms with E-state index in [4.69, 9.17) is 4.74 Å². The maximum Gasteiger partial charge on any atom is 0.325 e. The molecule has 13 heavy (non-hydrogen) atoms. The van der Waals surface area contributed by atoms with Crippen LogP contribution >= 0.6 is 0 Å². The summed E-state index contributed by atoms with van der Waals surface area (Å²) in [5.41, 5.74) is 0. The second-order valence-corrected chi connectivity index (χ2v) is 3.24. The Hall–Kier alpha value is -1.26. The second kappa shape index (κ2) is 4.11. The number of carbonyl (C=O) groups is 2. The maximum absolute atomic E-state index is 11.0. The fourth-order valence-electron chi connectivity index (χ4n) is 0.719. The Balaban J connectivity index is 2.09. The Kier molecular flexibility index (Phi) is 3.11. The number of nitrogens with one attached hydrogen (secondary N) is 1. The minimum Gasteiger partial charge on any atom is -0.461 e. The number of amides is 2. The summed E-state index contributed by atoms with van der Waals surface area (Å²) in [5, 5.41) is 2.43. The second-order valence-electron chi connectivity index (χ2n) is 3.24. The van der Waals surface area contributed by atoms with E-state index in [1.165, 1.54) is 4.90 Å². The molecule has 1 aliphatic carbocycles. The van der Waals surface area contributed by atoms with Crippen molar-refractivity contribution in [2.24, 2.45) is 0 Å². The lowest BCUT2D eigenvalue weighted by atomic mass is 10.6. The predicted octanol–water partition coefficient (Wildman–Crippen LogP) is -0.0368. The first-order valence-corrected chi connectivity index (χ1v) is 4.24. The number of hydrogen-bond donors (Lipinski definition) is 1. The van der Waals surface area contributed by atoms with E-state index in [0.717, 1.165) is 12.8 Å². The third kappa shape index (κ3) is 3.78. The summed E-state index contributed by atoms with van der Waals surface area (Å²) in [6, 6.07) is -0.284. The number of nitrogens with zero attached hydrogens (tertiary/aromatic N) is 1. The van der Waals surface area contributed by atoms with E-state index in [1.54, 1.807) is 14.1 Å². The summed E-state index contributed by atoms with van der Waals surface area (Å²) >= 11 is 0. The molecule has 0 aromatic heterocycles. The number of hydrogen-bond acceptors (Lipinski definition) is 3. The molecule has 0 aromatic rings. The molecule has 0 aromatic carbocycles. The van der Waals surface area contributed by atoms with Crippen molar-refractivity contribution in [1.29, 1.82) is 0 Å². The lowest BCUT2D eigenvalue weighted by Gasteiger charge is -2.11. The number of urea groups is 1. The molecule has 1 N–H and O–H groups in total. The van der Waals surface area contributed by atoms with E-state index in [2.05, 4.69) is 5.32 Å². The fraction of sp³-hybridized carbons (Fsp3) is 0.750. The van der Waals surface area contributed by atoms with Gasteiger partial charge in [-0.1, -0.05) is 0 Å². The van der Waals surface area contributed by atoms with Gasteiger partial charge in [0.1, 0.15) is 12.6 Å². The molecule has 1 rings (SSSR count). The van der Waals surface area contributed by atoms with Gasteiger partial charge in [0.25, 0.3) is 0 Å². The van der Waals surface area contributed by atoms with Gasteiger partial charge in [0, 0.05) is 14.1 Å². The van der Waals surface area contributed by atoms with Crippen molar-refractivity contribution >= 4 is 12.0 Å². The summed E-state index contributed by atoms with van der Waals surface area (Å²) in [6.07, 6.45) is 2.00. The van der Waals surface area contributed by atoms with Gasteiger partial charge in [0.05, 0.1) is 0 Å². The largest absolute Gasteiger partial charge is 0.461 e. The molecule has 0 aliphatic heterocycles. The van der Waals surface area contributed by atoms with Crippen LogP contribution in [0.3, 0.4) is 0 Å². The van der Waals surface area contributed by atoms with Gasteiger partial charge in [-0.2, -0.15) is 0 Å². The third-order valence-corrected chi connectivity index (χ3v) is 1.61. The highest BCUT2D eigenvalue weighted by atomic mass is 16.5. The van der Waals surface area contributed by atoms with Crippen molar-refractivity contribution in [3.8, 4) is 0 Å². The highest BCUT2D eigenvalue weighted by Gasteiger charge is 2.25. The van der Waals surface area contributed by atoms with E-state index in [-0.39, 0.29) is 24.6 Å². The van der Waals surface area contributed by atoms with E-state index < -0.39 is 0 Å². The van der Waals surface area contributed by atoms with E-state index >= 15 is 0 Å². The summed E-state index contributed by atoms with van der Waals surface area (Å²) in [4.78, 5) is 23.3. The van der Waals surface area contributed by atoms with Crippen LogP contribution < -0.4 is 5.32 Å². The average molecular weight is 186 g/mol. The molecule has 2 amide bonds. The summed E-state index contributed by atoms with van der Waals surface area (Å²) < 4.78 is 4.92. The lowest BCUT2D eigenvalue weighted by molar-refractivity contribution is -0.143. The van der Waals surface area contributed by atoms with Crippen molar-refractivity contribution in [2.75, 3.05) is 20.6 Å². The molecule has 1 fully saturated rings. The molecule has 74 valence electrons. The smallest absolute Gasteiger partial charge is 0.325 e. The molecule has 0 saturated heterocycles. The topological polar surface area (TPSA) is 58.6 Å². The van der Waals surface area contributed by atoms with Crippen molar-refractivity contribution in [3.05, 3.63) is 0 Å². The van der Waals surface area contributed by atoms with Crippen LogP contribution in [0.25, 0.3) is 0 Å². The minimum absolute atomic E-state index is 0.0481. The SMILES string of the molecule is CN(C)C(=O)NCC(=O)OC1CC1. The zero-order valence-corrected chi connectivity index (χ0v) is 7.87. The van der Waals surface area contributed by atoms with Crippen LogP contribution in [0.2, 0.25) is 0 Å².